The molecule has 5 aromatic rings. The SMILES string of the molecule is C/C(=N/NC(=O)c1ccc(N/N=C(/C)c2ccc3ccccc3c2)cc1)c1ccc2ccccc2c1. The van der Waals surface area contributed by atoms with E-state index in [9.17, 15) is 4.79 Å². The molecule has 0 spiro atoms. The molecule has 0 saturated heterocycles. The van der Waals surface area contributed by atoms with E-state index in [1.165, 1.54) is 16.2 Å². The van der Waals surface area contributed by atoms with Gasteiger partial charge in [0, 0.05) is 5.56 Å². The lowest BCUT2D eigenvalue weighted by Gasteiger charge is -2.07. The zero-order valence-corrected chi connectivity index (χ0v) is 20.2. The van der Waals surface area contributed by atoms with Crippen molar-refractivity contribution in [3.05, 3.63) is 126 Å². The summed E-state index contributed by atoms with van der Waals surface area (Å²) in [7, 11) is 0. The fourth-order valence-electron chi connectivity index (χ4n) is 4.00. The average Bonchev–Trinajstić information content (AvgIpc) is 2.94. The highest BCUT2D eigenvalue weighted by Crippen LogP contribution is 2.18. The van der Waals surface area contributed by atoms with Crippen molar-refractivity contribution in [2.45, 2.75) is 13.8 Å². The Balaban J connectivity index is 1.22. The fraction of sp³-hybridized carbons (Fsp3) is 0.0645. The molecule has 0 aliphatic carbocycles. The highest BCUT2D eigenvalue weighted by molar-refractivity contribution is 6.04. The summed E-state index contributed by atoms with van der Waals surface area (Å²) in [5, 5.41) is 13.5. The summed E-state index contributed by atoms with van der Waals surface area (Å²) in [6.07, 6.45) is 0. The van der Waals surface area contributed by atoms with Gasteiger partial charge in [-0.05, 0) is 82.9 Å². The third-order valence-corrected chi connectivity index (χ3v) is 6.16. The predicted molar refractivity (Wildman–Crippen MR) is 150 cm³/mol. The van der Waals surface area contributed by atoms with Gasteiger partial charge in [-0.25, -0.2) is 5.43 Å². The fourth-order valence-corrected chi connectivity index (χ4v) is 4.00. The minimum Gasteiger partial charge on any atom is -0.278 e. The van der Waals surface area contributed by atoms with E-state index in [-0.39, 0.29) is 5.91 Å². The lowest BCUT2D eigenvalue weighted by molar-refractivity contribution is 0.0955. The number of hydrazone groups is 2. The van der Waals surface area contributed by atoms with Crippen molar-refractivity contribution in [3.8, 4) is 0 Å². The number of amides is 1. The summed E-state index contributed by atoms with van der Waals surface area (Å²) in [6.45, 7) is 3.85. The highest BCUT2D eigenvalue weighted by Gasteiger charge is 2.06. The number of hydrogen-bond donors (Lipinski definition) is 2. The molecule has 0 heterocycles. The maximum atomic E-state index is 12.6. The Bertz CT molecular complexity index is 1620. The van der Waals surface area contributed by atoms with Crippen LogP contribution >= 0.6 is 0 Å². The van der Waals surface area contributed by atoms with Crippen LogP contribution in [-0.4, -0.2) is 17.3 Å². The molecule has 0 aliphatic rings. The summed E-state index contributed by atoms with van der Waals surface area (Å²) < 4.78 is 0. The van der Waals surface area contributed by atoms with Gasteiger partial charge >= 0.3 is 0 Å². The van der Waals surface area contributed by atoms with Gasteiger partial charge in [0.05, 0.1) is 17.1 Å². The number of fused-ring (bicyclic) bond motifs is 2. The summed E-state index contributed by atoms with van der Waals surface area (Å²) in [5.41, 5.74) is 10.7. The Morgan fingerprint density at radius 1 is 0.556 bits per heavy atom. The zero-order chi connectivity index (χ0) is 24.9. The molecular weight excluding hydrogens is 444 g/mol. The van der Waals surface area contributed by atoms with Gasteiger partial charge in [-0.3, -0.25) is 10.2 Å². The minimum atomic E-state index is -0.266. The zero-order valence-electron chi connectivity index (χ0n) is 20.2. The van der Waals surface area contributed by atoms with Crippen molar-refractivity contribution in [2.24, 2.45) is 10.2 Å². The van der Waals surface area contributed by atoms with Gasteiger partial charge in [0.15, 0.2) is 0 Å². The largest absolute Gasteiger partial charge is 0.278 e. The molecule has 0 bridgehead atoms. The molecule has 0 unspecified atom stereocenters. The lowest BCUT2D eigenvalue weighted by Crippen LogP contribution is -2.19. The van der Waals surface area contributed by atoms with Crippen LogP contribution in [0.2, 0.25) is 0 Å². The molecule has 0 radical (unpaired) electrons. The van der Waals surface area contributed by atoms with E-state index in [0.717, 1.165) is 33.6 Å². The molecular formula is C31H26N4O. The van der Waals surface area contributed by atoms with Gasteiger partial charge in [-0.15, -0.1) is 0 Å². The van der Waals surface area contributed by atoms with Gasteiger partial charge in [-0.2, -0.15) is 10.2 Å². The quantitative estimate of drug-likeness (QED) is 0.208. The number of nitrogens with zero attached hydrogens (tertiary/aromatic N) is 2. The van der Waals surface area contributed by atoms with Crippen LogP contribution < -0.4 is 10.9 Å². The van der Waals surface area contributed by atoms with Crippen LogP contribution in [0.15, 0.2) is 119 Å². The van der Waals surface area contributed by atoms with Crippen LogP contribution in [0, 0.1) is 0 Å². The standard InChI is InChI=1S/C31H26N4O/c1-21(26-13-11-23-7-3-5-9-28(23)19-26)32-34-30-17-15-25(16-18-30)31(36)35-33-22(2)27-14-12-24-8-4-6-10-29(24)20-27/h3-20,34H,1-2H3,(H,35,36)/b32-21-,33-22-. The van der Waals surface area contributed by atoms with E-state index in [2.05, 4.69) is 75.7 Å². The van der Waals surface area contributed by atoms with E-state index in [1.807, 2.05) is 56.3 Å². The molecule has 2 N–H and O–H groups in total. The minimum absolute atomic E-state index is 0.266. The first kappa shape index (κ1) is 23.0. The van der Waals surface area contributed by atoms with Crippen LogP contribution in [-0.2, 0) is 0 Å². The van der Waals surface area contributed by atoms with Gasteiger partial charge in [-0.1, -0.05) is 72.8 Å². The van der Waals surface area contributed by atoms with E-state index in [1.54, 1.807) is 12.1 Å². The Hall–Kier alpha value is -4.77. The van der Waals surface area contributed by atoms with Crippen LogP contribution in [0.5, 0.6) is 0 Å². The Labute approximate surface area is 210 Å². The third-order valence-electron chi connectivity index (χ3n) is 6.16. The summed E-state index contributed by atoms with van der Waals surface area (Å²) in [5.74, 6) is -0.266. The summed E-state index contributed by atoms with van der Waals surface area (Å²) in [6, 6.07) is 36.0. The number of rotatable bonds is 6. The molecule has 5 heteroatoms. The van der Waals surface area contributed by atoms with Crippen molar-refractivity contribution in [3.63, 3.8) is 0 Å². The summed E-state index contributed by atoms with van der Waals surface area (Å²) in [4.78, 5) is 12.6. The van der Waals surface area contributed by atoms with Crippen molar-refractivity contribution < 1.29 is 4.79 Å². The lowest BCUT2D eigenvalue weighted by atomic mass is 10.0. The molecule has 0 aliphatic heterocycles. The molecule has 0 aromatic heterocycles. The molecule has 1 amide bonds. The number of hydrogen-bond acceptors (Lipinski definition) is 4. The van der Waals surface area contributed by atoms with E-state index >= 15 is 0 Å². The molecule has 0 atom stereocenters. The first-order valence-corrected chi connectivity index (χ1v) is 11.8. The van der Waals surface area contributed by atoms with Gasteiger partial charge < -0.3 is 0 Å². The topological polar surface area (TPSA) is 65.8 Å². The Morgan fingerprint density at radius 2 is 1.03 bits per heavy atom. The number of anilines is 1. The number of carbonyl (C=O) groups is 1. The summed E-state index contributed by atoms with van der Waals surface area (Å²) >= 11 is 0. The molecule has 0 fully saturated rings. The Kier molecular flexibility index (Phi) is 6.54. The van der Waals surface area contributed by atoms with E-state index in [0.29, 0.717) is 5.56 Å². The van der Waals surface area contributed by atoms with Crippen molar-refractivity contribution in [1.29, 1.82) is 0 Å². The van der Waals surface area contributed by atoms with Crippen LogP contribution in [0.1, 0.15) is 35.3 Å². The predicted octanol–water partition coefficient (Wildman–Crippen LogP) is 6.98. The van der Waals surface area contributed by atoms with Crippen molar-refractivity contribution in [1.82, 2.24) is 5.43 Å². The second-order valence-corrected chi connectivity index (χ2v) is 8.65. The second kappa shape index (κ2) is 10.2. The first-order chi connectivity index (χ1) is 17.6. The average molecular weight is 471 g/mol. The Morgan fingerprint density at radius 3 is 1.58 bits per heavy atom. The van der Waals surface area contributed by atoms with E-state index in [4.69, 9.17) is 0 Å². The molecule has 5 nitrogen and oxygen atoms in total. The van der Waals surface area contributed by atoms with Crippen LogP contribution in [0.25, 0.3) is 21.5 Å². The van der Waals surface area contributed by atoms with Gasteiger partial charge in [0.25, 0.3) is 5.91 Å². The normalized spacial score (nSPS) is 12.1. The molecule has 0 saturated carbocycles. The molecule has 176 valence electrons. The van der Waals surface area contributed by atoms with Gasteiger partial charge in [0.1, 0.15) is 0 Å². The van der Waals surface area contributed by atoms with Crippen LogP contribution in [0.3, 0.4) is 0 Å². The van der Waals surface area contributed by atoms with Gasteiger partial charge in [0.2, 0.25) is 0 Å². The van der Waals surface area contributed by atoms with Crippen LogP contribution in [0.4, 0.5) is 5.69 Å². The number of carbonyl (C=O) groups excluding carboxylic acids is 1. The molecule has 36 heavy (non-hydrogen) atoms. The monoisotopic (exact) mass is 470 g/mol. The number of nitrogens with one attached hydrogen (secondary N) is 2. The third kappa shape index (κ3) is 5.15. The van der Waals surface area contributed by atoms with E-state index < -0.39 is 0 Å². The first-order valence-electron chi connectivity index (χ1n) is 11.8. The molecule has 5 aromatic carbocycles. The highest BCUT2D eigenvalue weighted by atomic mass is 16.2. The smallest absolute Gasteiger partial charge is 0.271 e. The maximum absolute atomic E-state index is 12.6. The molecule has 5 rings (SSSR count). The number of benzene rings is 5. The second-order valence-electron chi connectivity index (χ2n) is 8.65. The van der Waals surface area contributed by atoms with Crippen molar-refractivity contribution in [2.75, 3.05) is 5.43 Å². The maximum Gasteiger partial charge on any atom is 0.271 e. The van der Waals surface area contributed by atoms with Crippen molar-refractivity contribution >= 4 is 44.6 Å².